The van der Waals surface area contributed by atoms with Crippen molar-refractivity contribution in [1.82, 2.24) is 0 Å². The number of benzene rings is 1. The van der Waals surface area contributed by atoms with Crippen molar-refractivity contribution in [3.63, 3.8) is 0 Å². The maximum atomic E-state index is 5.13. The molecule has 0 aliphatic heterocycles. The fourth-order valence-electron chi connectivity index (χ4n) is 0.986. The Morgan fingerprint density at radius 2 is 2.00 bits per heavy atom. The molecule has 0 N–H and O–H groups in total. The molecule has 12 heavy (non-hydrogen) atoms. The highest BCUT2D eigenvalue weighted by Gasteiger charge is 2.02. The van der Waals surface area contributed by atoms with Gasteiger partial charge in [0.2, 0.25) is 0 Å². The van der Waals surface area contributed by atoms with Gasteiger partial charge in [0.25, 0.3) is 0 Å². The van der Waals surface area contributed by atoms with E-state index in [2.05, 4.69) is 6.58 Å². The van der Waals surface area contributed by atoms with Gasteiger partial charge in [0.1, 0.15) is 0 Å². The summed E-state index contributed by atoms with van der Waals surface area (Å²) in [5.41, 5.74) is 1.16. The maximum Gasteiger partial charge on any atom is 0.0824 e. The summed E-state index contributed by atoms with van der Waals surface area (Å²) in [5.74, 6) is 0. The summed E-state index contributed by atoms with van der Waals surface area (Å²) in [6.07, 6.45) is 3.80. The zero-order chi connectivity index (χ0) is 8.81. The average molecular weight is 161 g/mol. The monoisotopic (exact) mass is 161 g/mol. The Kier molecular flexibility index (Phi) is 3.55. The predicted molar refractivity (Wildman–Crippen MR) is 50.8 cm³/mol. The van der Waals surface area contributed by atoms with Gasteiger partial charge < -0.3 is 4.74 Å². The summed E-state index contributed by atoms with van der Waals surface area (Å²) in [4.78, 5) is 0. The Morgan fingerprint density at radius 3 is 2.50 bits per heavy atom. The van der Waals surface area contributed by atoms with Crippen molar-refractivity contribution in [1.29, 1.82) is 0 Å². The lowest BCUT2D eigenvalue weighted by Crippen LogP contribution is -2.07. The molecule has 0 fully saturated rings. The van der Waals surface area contributed by atoms with E-state index in [1.807, 2.05) is 36.8 Å². The van der Waals surface area contributed by atoms with E-state index in [1.165, 1.54) is 0 Å². The minimum absolute atomic E-state index is 0.00685. The minimum Gasteiger partial charge on any atom is -0.377 e. The molecule has 0 saturated carbocycles. The van der Waals surface area contributed by atoms with E-state index in [-0.39, 0.29) is 6.10 Å². The van der Waals surface area contributed by atoms with Gasteiger partial charge in [0.05, 0.1) is 6.10 Å². The Bertz CT molecular complexity index is 228. The highest BCUT2D eigenvalue weighted by Crippen LogP contribution is 2.07. The van der Waals surface area contributed by atoms with Crippen LogP contribution in [0.5, 0.6) is 0 Å². The highest BCUT2D eigenvalue weighted by molar-refractivity contribution is 5.25. The summed E-state index contributed by atoms with van der Waals surface area (Å²) < 4.78 is 5.13. The molecule has 1 radical (unpaired) electrons. The molecule has 1 nitrogen and oxygen atoms in total. The second kappa shape index (κ2) is 4.73. The predicted octanol–water partition coefficient (Wildman–Crippen LogP) is 2.44. The van der Waals surface area contributed by atoms with Gasteiger partial charge in [-0.2, -0.15) is 0 Å². The van der Waals surface area contributed by atoms with E-state index in [9.17, 15) is 0 Å². The molecule has 0 aliphatic carbocycles. The molecule has 1 aromatic carbocycles. The second-order valence-corrected chi connectivity index (χ2v) is 2.51. The molecule has 63 valence electrons. The number of hydrogen-bond donors (Lipinski definition) is 0. The SMILES string of the molecule is C=CC([CH]c1ccccc1)OC. The van der Waals surface area contributed by atoms with Gasteiger partial charge >= 0.3 is 0 Å². The molecule has 0 heterocycles. The Labute approximate surface area is 73.7 Å². The first-order valence-corrected chi connectivity index (χ1v) is 3.92. The van der Waals surface area contributed by atoms with E-state index in [0.29, 0.717) is 0 Å². The third-order valence-electron chi connectivity index (χ3n) is 1.66. The van der Waals surface area contributed by atoms with E-state index in [1.54, 1.807) is 13.2 Å². The number of methoxy groups -OCH3 is 1. The Balaban J connectivity index is 2.56. The van der Waals surface area contributed by atoms with Crippen molar-refractivity contribution < 1.29 is 4.74 Å². The van der Waals surface area contributed by atoms with Crippen LogP contribution in [-0.4, -0.2) is 13.2 Å². The fourth-order valence-corrected chi connectivity index (χ4v) is 0.986. The van der Waals surface area contributed by atoms with Crippen LogP contribution in [0.3, 0.4) is 0 Å². The number of hydrogen-bond acceptors (Lipinski definition) is 1. The molecule has 0 amide bonds. The molecule has 1 rings (SSSR count). The Hall–Kier alpha value is -1.08. The van der Waals surface area contributed by atoms with Gasteiger partial charge in [-0.05, 0) is 5.56 Å². The van der Waals surface area contributed by atoms with Crippen molar-refractivity contribution in [3.8, 4) is 0 Å². The lowest BCUT2D eigenvalue weighted by atomic mass is 10.1. The first-order valence-electron chi connectivity index (χ1n) is 3.92. The van der Waals surface area contributed by atoms with Crippen molar-refractivity contribution >= 4 is 0 Å². The van der Waals surface area contributed by atoms with Crippen LogP contribution in [0.15, 0.2) is 43.0 Å². The normalized spacial score (nSPS) is 12.4. The number of ether oxygens (including phenoxy) is 1. The van der Waals surface area contributed by atoms with Gasteiger partial charge in [-0.3, -0.25) is 0 Å². The largest absolute Gasteiger partial charge is 0.377 e. The first kappa shape index (κ1) is 9.01. The highest BCUT2D eigenvalue weighted by atomic mass is 16.5. The third kappa shape index (κ3) is 2.51. The van der Waals surface area contributed by atoms with E-state index < -0.39 is 0 Å². The van der Waals surface area contributed by atoms with Crippen LogP contribution in [0.4, 0.5) is 0 Å². The number of rotatable bonds is 4. The van der Waals surface area contributed by atoms with Gasteiger partial charge in [-0.1, -0.05) is 36.4 Å². The lowest BCUT2D eigenvalue weighted by Gasteiger charge is -2.08. The van der Waals surface area contributed by atoms with Gasteiger partial charge in [0.15, 0.2) is 0 Å². The van der Waals surface area contributed by atoms with Crippen LogP contribution in [0.25, 0.3) is 0 Å². The summed E-state index contributed by atoms with van der Waals surface area (Å²) in [6, 6.07) is 10.1. The smallest absolute Gasteiger partial charge is 0.0824 e. The van der Waals surface area contributed by atoms with Crippen LogP contribution >= 0.6 is 0 Å². The lowest BCUT2D eigenvalue weighted by molar-refractivity contribution is 0.168. The first-order chi connectivity index (χ1) is 5.86. The van der Waals surface area contributed by atoms with E-state index in [0.717, 1.165) is 5.56 Å². The molecule has 0 spiro atoms. The maximum absolute atomic E-state index is 5.13. The molecule has 1 atom stereocenters. The Morgan fingerprint density at radius 1 is 1.33 bits per heavy atom. The zero-order valence-electron chi connectivity index (χ0n) is 7.23. The fraction of sp³-hybridized carbons (Fsp3) is 0.182. The molecule has 0 saturated heterocycles. The van der Waals surface area contributed by atoms with Crippen LogP contribution in [0, 0.1) is 6.42 Å². The minimum atomic E-state index is 0.00685. The molecule has 0 aromatic heterocycles. The molecule has 0 bridgehead atoms. The van der Waals surface area contributed by atoms with Crippen molar-refractivity contribution in [2.45, 2.75) is 6.10 Å². The zero-order valence-corrected chi connectivity index (χ0v) is 7.23. The molecule has 0 aliphatic rings. The van der Waals surface area contributed by atoms with Crippen LogP contribution in [0.1, 0.15) is 5.56 Å². The van der Waals surface area contributed by atoms with E-state index >= 15 is 0 Å². The standard InChI is InChI=1S/C11H13O/c1-3-11(12-2)9-10-7-5-4-6-8-10/h3-9,11H,1H2,2H3. The molecule has 1 aromatic rings. The summed E-state index contributed by atoms with van der Waals surface area (Å²) in [6.45, 7) is 3.67. The second-order valence-electron chi connectivity index (χ2n) is 2.51. The molecule has 1 unspecified atom stereocenters. The van der Waals surface area contributed by atoms with Gasteiger partial charge in [-0.25, -0.2) is 0 Å². The molecular formula is C11H13O. The molecule has 1 heteroatoms. The van der Waals surface area contributed by atoms with Crippen LogP contribution < -0.4 is 0 Å². The van der Waals surface area contributed by atoms with Gasteiger partial charge in [-0.15, -0.1) is 6.58 Å². The van der Waals surface area contributed by atoms with Gasteiger partial charge in [0, 0.05) is 13.5 Å². The van der Waals surface area contributed by atoms with Crippen molar-refractivity contribution in [2.75, 3.05) is 7.11 Å². The van der Waals surface area contributed by atoms with Crippen LogP contribution in [-0.2, 0) is 4.74 Å². The van der Waals surface area contributed by atoms with Crippen molar-refractivity contribution in [2.24, 2.45) is 0 Å². The molecular weight excluding hydrogens is 148 g/mol. The van der Waals surface area contributed by atoms with E-state index in [4.69, 9.17) is 4.74 Å². The van der Waals surface area contributed by atoms with Crippen molar-refractivity contribution in [3.05, 3.63) is 55.0 Å². The summed E-state index contributed by atoms with van der Waals surface area (Å²) in [7, 11) is 1.67. The quantitative estimate of drug-likeness (QED) is 0.616. The average Bonchev–Trinajstić information content (AvgIpc) is 2.16. The summed E-state index contributed by atoms with van der Waals surface area (Å²) in [5, 5.41) is 0. The third-order valence-corrected chi connectivity index (χ3v) is 1.66. The van der Waals surface area contributed by atoms with Crippen LogP contribution in [0.2, 0.25) is 0 Å². The summed E-state index contributed by atoms with van der Waals surface area (Å²) >= 11 is 0. The topological polar surface area (TPSA) is 9.23 Å².